The number of rotatable bonds is 3. The summed E-state index contributed by atoms with van der Waals surface area (Å²) in [5, 5.41) is 14.5. The molecule has 7 nitrogen and oxygen atoms in total. The second-order valence-electron chi connectivity index (χ2n) is 3.80. The summed E-state index contributed by atoms with van der Waals surface area (Å²) in [5.41, 5.74) is 0.629. The second kappa shape index (κ2) is 4.50. The first-order valence-corrected chi connectivity index (χ1v) is 6.60. The van der Waals surface area contributed by atoms with Crippen molar-refractivity contribution >= 4 is 10.0 Å². The summed E-state index contributed by atoms with van der Waals surface area (Å²) < 4.78 is 22.5. The number of nitrogens with two attached hydrogens (primary N) is 1. The van der Waals surface area contributed by atoms with E-state index in [4.69, 9.17) is 5.14 Å². The van der Waals surface area contributed by atoms with E-state index < -0.39 is 10.0 Å². The minimum Gasteiger partial charge on any atom is -0.314 e. The lowest BCUT2D eigenvalue weighted by atomic mass is 10.3. The van der Waals surface area contributed by atoms with Crippen molar-refractivity contribution in [3.05, 3.63) is 11.8 Å². The van der Waals surface area contributed by atoms with Crippen LogP contribution in [0.2, 0.25) is 0 Å². The predicted octanol–water partition coefficient (Wildman–Crippen LogP) is -1.54. The maximum atomic E-state index is 11.2. The largest absolute Gasteiger partial charge is 0.314 e. The van der Waals surface area contributed by atoms with E-state index in [9.17, 15) is 8.42 Å². The third-order valence-corrected chi connectivity index (χ3v) is 3.49. The fourth-order valence-electron chi connectivity index (χ4n) is 1.77. The number of hydrogen-bond acceptors (Lipinski definition) is 5. The van der Waals surface area contributed by atoms with E-state index in [1.807, 2.05) is 0 Å². The summed E-state index contributed by atoms with van der Waals surface area (Å²) in [6.45, 7) is 4.19. The van der Waals surface area contributed by atoms with Crippen molar-refractivity contribution in [3.8, 4) is 0 Å². The third kappa shape index (κ3) is 2.59. The van der Waals surface area contributed by atoms with E-state index in [1.54, 1.807) is 0 Å². The average molecular weight is 245 g/mol. The molecule has 4 N–H and O–H groups in total. The number of nitrogens with zero attached hydrogens (tertiary/aromatic N) is 2. The molecule has 1 saturated heterocycles. The molecule has 0 bridgehead atoms. The average Bonchev–Trinajstić information content (AvgIpc) is 2.67. The maximum Gasteiger partial charge on any atom is 0.255 e. The van der Waals surface area contributed by atoms with Crippen LogP contribution in [0.15, 0.2) is 11.2 Å². The molecule has 2 rings (SSSR count). The lowest BCUT2D eigenvalue weighted by molar-refractivity contribution is 0.231. The van der Waals surface area contributed by atoms with Crippen LogP contribution in [0, 0.1) is 0 Å². The van der Waals surface area contributed by atoms with Crippen LogP contribution < -0.4 is 10.5 Å². The molecule has 0 aliphatic carbocycles. The molecule has 0 spiro atoms. The summed E-state index contributed by atoms with van der Waals surface area (Å²) >= 11 is 0. The van der Waals surface area contributed by atoms with Gasteiger partial charge in [0.25, 0.3) is 10.0 Å². The van der Waals surface area contributed by atoms with Gasteiger partial charge in [-0.05, 0) is 0 Å². The van der Waals surface area contributed by atoms with Crippen LogP contribution in [0.5, 0.6) is 0 Å². The van der Waals surface area contributed by atoms with Gasteiger partial charge in [0.1, 0.15) is 0 Å². The predicted molar refractivity (Wildman–Crippen MR) is 58.1 cm³/mol. The minimum atomic E-state index is -3.70. The summed E-state index contributed by atoms with van der Waals surface area (Å²) in [6, 6.07) is 0. The summed E-state index contributed by atoms with van der Waals surface area (Å²) in [4.78, 5) is 2.16. The number of primary sulfonamides is 1. The lowest BCUT2D eigenvalue weighted by Crippen LogP contribution is -2.43. The van der Waals surface area contributed by atoms with Crippen LogP contribution in [0.25, 0.3) is 0 Å². The normalized spacial score (nSPS) is 18.8. The summed E-state index contributed by atoms with van der Waals surface area (Å²) in [7, 11) is -3.70. The van der Waals surface area contributed by atoms with Gasteiger partial charge in [0.2, 0.25) is 0 Å². The van der Waals surface area contributed by atoms with Gasteiger partial charge < -0.3 is 5.32 Å². The van der Waals surface area contributed by atoms with Gasteiger partial charge in [-0.3, -0.25) is 10.00 Å². The zero-order valence-corrected chi connectivity index (χ0v) is 9.63. The van der Waals surface area contributed by atoms with E-state index in [2.05, 4.69) is 20.4 Å². The minimum absolute atomic E-state index is 0.0195. The van der Waals surface area contributed by atoms with Gasteiger partial charge in [0.05, 0.1) is 6.20 Å². The van der Waals surface area contributed by atoms with Crippen molar-refractivity contribution in [3.63, 3.8) is 0 Å². The molecule has 1 aliphatic heterocycles. The molecule has 8 heteroatoms. The number of sulfonamides is 1. The van der Waals surface area contributed by atoms with Crippen molar-refractivity contribution in [2.45, 2.75) is 11.6 Å². The molecule has 0 aromatic carbocycles. The van der Waals surface area contributed by atoms with Gasteiger partial charge in [-0.2, -0.15) is 5.10 Å². The molecule has 90 valence electrons. The molecule has 1 aliphatic rings. The highest BCUT2D eigenvalue weighted by Gasteiger charge is 2.19. The van der Waals surface area contributed by atoms with Gasteiger partial charge in [0.15, 0.2) is 5.03 Å². The Morgan fingerprint density at radius 1 is 1.44 bits per heavy atom. The fourth-order valence-corrected chi connectivity index (χ4v) is 2.43. The Balaban J connectivity index is 2.12. The van der Waals surface area contributed by atoms with Crippen LogP contribution >= 0.6 is 0 Å². The van der Waals surface area contributed by atoms with Crippen molar-refractivity contribution in [2.24, 2.45) is 5.14 Å². The van der Waals surface area contributed by atoms with E-state index in [0.29, 0.717) is 12.1 Å². The Morgan fingerprint density at radius 2 is 2.12 bits per heavy atom. The first-order valence-electron chi connectivity index (χ1n) is 5.05. The molecule has 2 heterocycles. The Kier molecular flexibility index (Phi) is 3.24. The Morgan fingerprint density at radius 3 is 2.75 bits per heavy atom. The number of H-pyrrole nitrogens is 1. The molecule has 0 atom stereocenters. The number of aromatic amines is 1. The van der Waals surface area contributed by atoms with Gasteiger partial charge in [-0.25, -0.2) is 13.6 Å². The molecular weight excluding hydrogens is 230 g/mol. The first-order chi connectivity index (χ1) is 7.57. The molecule has 0 amide bonds. The van der Waals surface area contributed by atoms with E-state index in [-0.39, 0.29) is 5.03 Å². The van der Waals surface area contributed by atoms with E-state index >= 15 is 0 Å². The van der Waals surface area contributed by atoms with Crippen molar-refractivity contribution < 1.29 is 8.42 Å². The molecular formula is C8H15N5O2S. The first kappa shape index (κ1) is 11.5. The number of aromatic nitrogens is 2. The van der Waals surface area contributed by atoms with Crippen LogP contribution in [0.4, 0.5) is 0 Å². The van der Waals surface area contributed by atoms with Crippen LogP contribution in [-0.4, -0.2) is 49.7 Å². The van der Waals surface area contributed by atoms with Crippen molar-refractivity contribution in [1.29, 1.82) is 0 Å². The Labute approximate surface area is 94.1 Å². The van der Waals surface area contributed by atoms with Gasteiger partial charge in [-0.1, -0.05) is 0 Å². The quantitative estimate of drug-likeness (QED) is 0.599. The van der Waals surface area contributed by atoms with Crippen molar-refractivity contribution in [1.82, 2.24) is 20.4 Å². The zero-order valence-electron chi connectivity index (χ0n) is 8.81. The number of nitrogens with one attached hydrogen (secondary N) is 2. The molecule has 0 unspecified atom stereocenters. The molecule has 1 fully saturated rings. The zero-order chi connectivity index (χ0) is 11.6. The number of piperazine rings is 1. The fraction of sp³-hybridized carbons (Fsp3) is 0.625. The second-order valence-corrected chi connectivity index (χ2v) is 5.29. The third-order valence-electron chi connectivity index (χ3n) is 2.57. The lowest BCUT2D eigenvalue weighted by Gasteiger charge is -2.26. The van der Waals surface area contributed by atoms with Gasteiger partial charge >= 0.3 is 0 Å². The van der Waals surface area contributed by atoms with E-state index in [1.165, 1.54) is 6.20 Å². The SMILES string of the molecule is NS(=O)(=O)c1[nH]ncc1CN1CCNCC1. The van der Waals surface area contributed by atoms with Gasteiger partial charge in [0, 0.05) is 38.3 Å². The highest BCUT2D eigenvalue weighted by molar-refractivity contribution is 7.89. The number of hydrogen-bond donors (Lipinski definition) is 3. The Hall–Kier alpha value is -0.960. The molecule has 0 saturated carbocycles. The Bertz CT molecular complexity index is 449. The van der Waals surface area contributed by atoms with Crippen LogP contribution in [0.3, 0.4) is 0 Å². The highest BCUT2D eigenvalue weighted by atomic mass is 32.2. The smallest absolute Gasteiger partial charge is 0.255 e. The van der Waals surface area contributed by atoms with E-state index in [0.717, 1.165) is 26.2 Å². The monoisotopic (exact) mass is 245 g/mol. The van der Waals surface area contributed by atoms with Crippen LogP contribution in [0.1, 0.15) is 5.56 Å². The molecule has 1 aromatic rings. The molecule has 1 aromatic heterocycles. The summed E-state index contributed by atoms with van der Waals surface area (Å²) in [6.07, 6.45) is 1.52. The van der Waals surface area contributed by atoms with Gasteiger partial charge in [-0.15, -0.1) is 0 Å². The molecule has 16 heavy (non-hydrogen) atoms. The van der Waals surface area contributed by atoms with Crippen molar-refractivity contribution in [2.75, 3.05) is 26.2 Å². The standard InChI is InChI=1S/C8H15N5O2S/c9-16(14,15)8-7(5-11-12-8)6-13-3-1-10-2-4-13/h5,10H,1-4,6H2,(H,11,12)(H2,9,14,15). The summed E-state index contributed by atoms with van der Waals surface area (Å²) in [5.74, 6) is 0. The maximum absolute atomic E-state index is 11.2. The topological polar surface area (TPSA) is 104 Å². The molecule has 0 radical (unpaired) electrons. The highest BCUT2D eigenvalue weighted by Crippen LogP contribution is 2.12. The van der Waals surface area contributed by atoms with Crippen LogP contribution in [-0.2, 0) is 16.6 Å².